The van der Waals surface area contributed by atoms with Gasteiger partial charge in [0.2, 0.25) is 0 Å². The highest BCUT2D eigenvalue weighted by molar-refractivity contribution is 14.1. The van der Waals surface area contributed by atoms with E-state index < -0.39 is 0 Å². The minimum atomic E-state index is 0.945. The van der Waals surface area contributed by atoms with E-state index in [-0.39, 0.29) is 0 Å². The van der Waals surface area contributed by atoms with Crippen molar-refractivity contribution in [2.75, 3.05) is 0 Å². The van der Waals surface area contributed by atoms with Gasteiger partial charge in [-0.15, -0.1) is 0 Å². The van der Waals surface area contributed by atoms with Crippen molar-refractivity contribution in [3.05, 3.63) is 0 Å². The van der Waals surface area contributed by atoms with Gasteiger partial charge in [-0.2, -0.15) is 0 Å². The Morgan fingerprint density at radius 2 is 0.941 bits per heavy atom. The van der Waals surface area contributed by atoms with E-state index in [0.29, 0.717) is 0 Å². The fourth-order valence-electron chi connectivity index (χ4n) is 2.26. The quantitative estimate of drug-likeness (QED) is 0.192. The summed E-state index contributed by atoms with van der Waals surface area (Å²) in [6.07, 6.45) is 18.8. The van der Waals surface area contributed by atoms with Gasteiger partial charge in [-0.05, 0) is 12.8 Å². The molecule has 0 N–H and O–H groups in total. The highest BCUT2D eigenvalue weighted by atomic mass is 127. The van der Waals surface area contributed by atoms with Gasteiger partial charge in [0, 0.05) is 3.92 Å². The fourth-order valence-corrected chi connectivity index (χ4v) is 3.14. The average molecular weight is 352 g/mol. The molecule has 1 atom stereocenters. The van der Waals surface area contributed by atoms with Gasteiger partial charge in [0.1, 0.15) is 0 Å². The molecule has 1 heteroatoms. The highest BCUT2D eigenvalue weighted by Crippen LogP contribution is 2.19. The van der Waals surface area contributed by atoms with E-state index >= 15 is 0 Å². The first-order chi connectivity index (χ1) is 8.31. The summed E-state index contributed by atoms with van der Waals surface area (Å²) in [6.45, 7) is 4.58. The van der Waals surface area contributed by atoms with Gasteiger partial charge >= 0.3 is 0 Å². The van der Waals surface area contributed by atoms with E-state index in [1.807, 2.05) is 0 Å². The summed E-state index contributed by atoms with van der Waals surface area (Å²) in [6, 6.07) is 0. The smallest absolute Gasteiger partial charge is 0.0110 e. The summed E-state index contributed by atoms with van der Waals surface area (Å²) in [5.74, 6) is 0. The predicted molar refractivity (Wildman–Crippen MR) is 89.2 cm³/mol. The zero-order chi connectivity index (χ0) is 12.8. The van der Waals surface area contributed by atoms with Crippen molar-refractivity contribution >= 4 is 22.6 Å². The third kappa shape index (κ3) is 14.7. The second kappa shape index (κ2) is 14.8. The monoisotopic (exact) mass is 352 g/mol. The molecule has 17 heavy (non-hydrogen) atoms. The number of alkyl halides is 1. The first kappa shape index (κ1) is 17.7. The van der Waals surface area contributed by atoms with Crippen LogP contribution in [0.4, 0.5) is 0 Å². The summed E-state index contributed by atoms with van der Waals surface area (Å²) < 4.78 is 0.945. The lowest BCUT2D eigenvalue weighted by atomic mass is 10.0. The van der Waals surface area contributed by atoms with Crippen LogP contribution in [0.15, 0.2) is 0 Å². The molecule has 0 aromatic heterocycles. The van der Waals surface area contributed by atoms with E-state index in [0.717, 1.165) is 3.92 Å². The van der Waals surface area contributed by atoms with Crippen molar-refractivity contribution in [1.29, 1.82) is 0 Å². The second-order valence-corrected chi connectivity index (χ2v) is 7.12. The Morgan fingerprint density at radius 1 is 0.588 bits per heavy atom. The maximum Gasteiger partial charge on any atom is 0.0110 e. The van der Waals surface area contributed by atoms with Crippen LogP contribution in [0, 0.1) is 0 Å². The molecular weight excluding hydrogens is 319 g/mol. The lowest BCUT2D eigenvalue weighted by molar-refractivity contribution is 0.554. The number of rotatable bonds is 13. The van der Waals surface area contributed by atoms with Crippen LogP contribution in [0.5, 0.6) is 0 Å². The molecular formula is C16H33I. The van der Waals surface area contributed by atoms with Crippen LogP contribution in [0.25, 0.3) is 0 Å². The Bertz CT molecular complexity index is 133. The van der Waals surface area contributed by atoms with Crippen LogP contribution >= 0.6 is 22.6 Å². The SMILES string of the molecule is CCCCCCCCC(I)CCCCCCC. The molecule has 0 fully saturated rings. The molecule has 0 rings (SSSR count). The Morgan fingerprint density at radius 3 is 1.35 bits per heavy atom. The minimum Gasteiger partial charge on any atom is -0.0826 e. The highest BCUT2D eigenvalue weighted by Gasteiger charge is 2.03. The van der Waals surface area contributed by atoms with E-state index in [1.165, 1.54) is 83.5 Å². The first-order valence-corrected chi connectivity index (χ1v) is 9.19. The Hall–Kier alpha value is 0.730. The largest absolute Gasteiger partial charge is 0.0826 e. The molecule has 0 nitrogen and oxygen atoms in total. The van der Waals surface area contributed by atoms with Crippen LogP contribution < -0.4 is 0 Å². The van der Waals surface area contributed by atoms with E-state index in [9.17, 15) is 0 Å². The lowest BCUT2D eigenvalue weighted by Gasteiger charge is -2.09. The van der Waals surface area contributed by atoms with Gasteiger partial charge < -0.3 is 0 Å². The second-order valence-electron chi connectivity index (χ2n) is 5.36. The predicted octanol–water partition coefficient (Wildman–Crippen LogP) is 6.90. The molecule has 0 radical (unpaired) electrons. The molecule has 0 aliphatic carbocycles. The van der Waals surface area contributed by atoms with Crippen LogP contribution in [0.2, 0.25) is 0 Å². The van der Waals surface area contributed by atoms with Crippen molar-refractivity contribution in [1.82, 2.24) is 0 Å². The number of halogens is 1. The third-order valence-corrected chi connectivity index (χ3v) is 4.74. The molecule has 0 aliphatic rings. The van der Waals surface area contributed by atoms with Crippen molar-refractivity contribution in [2.24, 2.45) is 0 Å². The molecule has 0 amide bonds. The molecule has 104 valence electrons. The van der Waals surface area contributed by atoms with Crippen LogP contribution in [-0.4, -0.2) is 3.92 Å². The van der Waals surface area contributed by atoms with Gasteiger partial charge in [0.05, 0.1) is 0 Å². The van der Waals surface area contributed by atoms with Gasteiger partial charge in [-0.1, -0.05) is 107 Å². The minimum absolute atomic E-state index is 0.945. The van der Waals surface area contributed by atoms with Crippen molar-refractivity contribution in [3.63, 3.8) is 0 Å². The maximum absolute atomic E-state index is 2.67. The molecule has 0 aromatic rings. The van der Waals surface area contributed by atoms with Gasteiger partial charge in [0.25, 0.3) is 0 Å². The summed E-state index contributed by atoms with van der Waals surface area (Å²) in [7, 11) is 0. The topological polar surface area (TPSA) is 0 Å². The van der Waals surface area contributed by atoms with Gasteiger partial charge in [0.15, 0.2) is 0 Å². The summed E-state index contributed by atoms with van der Waals surface area (Å²) >= 11 is 2.67. The zero-order valence-corrected chi connectivity index (χ0v) is 14.3. The van der Waals surface area contributed by atoms with E-state index in [1.54, 1.807) is 0 Å². The van der Waals surface area contributed by atoms with E-state index in [2.05, 4.69) is 36.4 Å². The molecule has 0 heterocycles. The number of unbranched alkanes of at least 4 members (excludes halogenated alkanes) is 9. The molecule has 1 unspecified atom stereocenters. The van der Waals surface area contributed by atoms with Crippen molar-refractivity contribution in [3.8, 4) is 0 Å². The first-order valence-electron chi connectivity index (χ1n) is 7.95. The van der Waals surface area contributed by atoms with Crippen LogP contribution in [-0.2, 0) is 0 Å². The number of hydrogen-bond acceptors (Lipinski definition) is 0. The summed E-state index contributed by atoms with van der Waals surface area (Å²) in [5.41, 5.74) is 0. The molecule has 0 bridgehead atoms. The number of hydrogen-bond donors (Lipinski definition) is 0. The molecule has 0 aliphatic heterocycles. The normalized spacial score (nSPS) is 12.9. The lowest BCUT2D eigenvalue weighted by Crippen LogP contribution is -1.97. The zero-order valence-electron chi connectivity index (χ0n) is 12.1. The third-order valence-electron chi connectivity index (χ3n) is 3.49. The molecule has 0 saturated carbocycles. The molecule has 0 aromatic carbocycles. The summed E-state index contributed by atoms with van der Waals surface area (Å²) in [4.78, 5) is 0. The van der Waals surface area contributed by atoms with Crippen molar-refractivity contribution < 1.29 is 0 Å². The Balaban J connectivity index is 3.09. The average Bonchev–Trinajstić information content (AvgIpc) is 2.33. The van der Waals surface area contributed by atoms with Gasteiger partial charge in [-0.25, -0.2) is 0 Å². The van der Waals surface area contributed by atoms with E-state index in [4.69, 9.17) is 0 Å². The maximum atomic E-state index is 2.67. The van der Waals surface area contributed by atoms with Gasteiger partial charge in [-0.3, -0.25) is 0 Å². The van der Waals surface area contributed by atoms with Crippen LogP contribution in [0.3, 0.4) is 0 Å². The van der Waals surface area contributed by atoms with Crippen LogP contribution in [0.1, 0.15) is 97.3 Å². The molecule has 0 spiro atoms. The fraction of sp³-hybridized carbons (Fsp3) is 1.00. The summed E-state index contributed by atoms with van der Waals surface area (Å²) in [5, 5.41) is 0. The molecule has 0 saturated heterocycles. The Kier molecular flexibility index (Phi) is 15.4. The standard InChI is InChI=1S/C16H33I/c1-3-5-7-9-11-13-15-16(17)14-12-10-8-6-4-2/h16H,3-15H2,1-2H3. The van der Waals surface area contributed by atoms with Crippen molar-refractivity contribution in [2.45, 2.75) is 101 Å². The Labute approximate surface area is 123 Å².